The van der Waals surface area contributed by atoms with Gasteiger partial charge in [-0.15, -0.1) is 0 Å². The zero-order valence-electron chi connectivity index (χ0n) is 15.5. The number of anilines is 1. The fourth-order valence-corrected chi connectivity index (χ4v) is 3.57. The summed E-state index contributed by atoms with van der Waals surface area (Å²) in [6, 6.07) is 3.86. The lowest BCUT2D eigenvalue weighted by Crippen LogP contribution is -2.34. The van der Waals surface area contributed by atoms with Crippen molar-refractivity contribution in [3.63, 3.8) is 0 Å². The van der Waals surface area contributed by atoms with E-state index in [1.165, 1.54) is 6.42 Å². The average Bonchev–Trinajstić information content (AvgIpc) is 2.96. The minimum atomic E-state index is 0.250. The number of aromatic nitrogens is 5. The van der Waals surface area contributed by atoms with Gasteiger partial charge in [0.2, 0.25) is 0 Å². The van der Waals surface area contributed by atoms with E-state index in [1.54, 1.807) is 12.4 Å². The smallest absolute Gasteiger partial charge is 0.164 e. The Kier molecular flexibility index (Phi) is 4.55. The first-order chi connectivity index (χ1) is 12.6. The average molecular weight is 352 g/mol. The van der Waals surface area contributed by atoms with Crippen LogP contribution < -0.4 is 4.90 Å². The van der Waals surface area contributed by atoms with Gasteiger partial charge in [-0.2, -0.15) is 5.10 Å². The molecular formula is C19H24N6O. The summed E-state index contributed by atoms with van der Waals surface area (Å²) in [6.07, 6.45) is 7.26. The van der Waals surface area contributed by atoms with Gasteiger partial charge >= 0.3 is 0 Å². The first-order valence-corrected chi connectivity index (χ1v) is 9.08. The van der Waals surface area contributed by atoms with Crippen molar-refractivity contribution in [3.8, 4) is 11.4 Å². The van der Waals surface area contributed by atoms with Gasteiger partial charge in [0.15, 0.2) is 11.5 Å². The third-order valence-corrected chi connectivity index (χ3v) is 4.89. The molecule has 136 valence electrons. The molecule has 1 aliphatic heterocycles. The van der Waals surface area contributed by atoms with Gasteiger partial charge in [-0.1, -0.05) is 0 Å². The number of likely N-dealkylation sites (N-methyl/N-ethyl adjacent to an activating group) is 1. The Bertz CT molecular complexity index is 901. The Morgan fingerprint density at radius 3 is 2.77 bits per heavy atom. The Labute approximate surface area is 153 Å². The number of pyridine rings is 1. The standard InChI is InChI=1S/C19H24N6O/c1-13-16-18(24(2)12-15-6-4-5-11-26-15)21-17(14-7-9-20-10-8-14)22-19(16)25(3)23-13/h7-10,15H,4-6,11-12H2,1-3H3/t15-/m0/s1. The van der Waals surface area contributed by atoms with Crippen LogP contribution >= 0.6 is 0 Å². The van der Waals surface area contributed by atoms with E-state index < -0.39 is 0 Å². The molecule has 3 aromatic rings. The van der Waals surface area contributed by atoms with E-state index >= 15 is 0 Å². The monoisotopic (exact) mass is 352 g/mol. The highest BCUT2D eigenvalue weighted by Gasteiger charge is 2.22. The molecular weight excluding hydrogens is 328 g/mol. The van der Waals surface area contributed by atoms with Crippen molar-refractivity contribution in [1.82, 2.24) is 24.7 Å². The summed E-state index contributed by atoms with van der Waals surface area (Å²) in [5, 5.41) is 5.56. The Hall–Kier alpha value is -2.54. The van der Waals surface area contributed by atoms with E-state index in [0.29, 0.717) is 5.82 Å². The molecule has 0 amide bonds. The highest BCUT2D eigenvalue weighted by atomic mass is 16.5. The summed E-state index contributed by atoms with van der Waals surface area (Å²) in [6.45, 7) is 3.67. The van der Waals surface area contributed by atoms with Crippen LogP contribution in [0.4, 0.5) is 5.82 Å². The van der Waals surface area contributed by atoms with Crippen LogP contribution in [0.1, 0.15) is 25.0 Å². The van der Waals surface area contributed by atoms with Gasteiger partial charge in [0.25, 0.3) is 0 Å². The van der Waals surface area contributed by atoms with Crippen molar-refractivity contribution in [2.24, 2.45) is 7.05 Å². The Morgan fingerprint density at radius 1 is 1.23 bits per heavy atom. The van der Waals surface area contributed by atoms with Crippen LogP contribution in [0.25, 0.3) is 22.4 Å². The molecule has 0 N–H and O–H groups in total. The van der Waals surface area contributed by atoms with Crippen LogP contribution in [-0.2, 0) is 11.8 Å². The Balaban J connectivity index is 1.78. The van der Waals surface area contributed by atoms with Crippen LogP contribution in [0, 0.1) is 6.92 Å². The number of hydrogen-bond donors (Lipinski definition) is 0. The summed E-state index contributed by atoms with van der Waals surface area (Å²) in [4.78, 5) is 15.9. The third kappa shape index (κ3) is 3.14. The van der Waals surface area contributed by atoms with Crippen molar-refractivity contribution in [2.75, 3.05) is 25.1 Å². The van der Waals surface area contributed by atoms with Crippen LogP contribution in [0.5, 0.6) is 0 Å². The number of ether oxygens (including phenoxy) is 1. The van der Waals surface area contributed by atoms with Gasteiger partial charge in [-0.05, 0) is 38.3 Å². The molecule has 1 aliphatic rings. The van der Waals surface area contributed by atoms with Crippen LogP contribution in [-0.4, -0.2) is 51.0 Å². The van der Waals surface area contributed by atoms with Gasteiger partial charge in [-0.3, -0.25) is 9.67 Å². The van der Waals surface area contributed by atoms with Crippen LogP contribution in [0.2, 0.25) is 0 Å². The summed E-state index contributed by atoms with van der Waals surface area (Å²) in [5.74, 6) is 1.59. The second-order valence-electron chi connectivity index (χ2n) is 6.88. The summed E-state index contributed by atoms with van der Waals surface area (Å²) in [7, 11) is 4.00. The van der Waals surface area contributed by atoms with E-state index in [4.69, 9.17) is 14.7 Å². The minimum Gasteiger partial charge on any atom is -0.376 e. The van der Waals surface area contributed by atoms with Gasteiger partial charge in [0.1, 0.15) is 5.82 Å². The summed E-state index contributed by atoms with van der Waals surface area (Å²) < 4.78 is 7.74. The van der Waals surface area contributed by atoms with Gasteiger partial charge < -0.3 is 9.64 Å². The van der Waals surface area contributed by atoms with E-state index in [0.717, 1.165) is 54.1 Å². The molecule has 7 heteroatoms. The van der Waals surface area contributed by atoms with Gasteiger partial charge in [-0.25, -0.2) is 9.97 Å². The lowest BCUT2D eigenvalue weighted by molar-refractivity contribution is 0.0215. The molecule has 4 rings (SSSR count). The van der Waals surface area contributed by atoms with E-state index in [2.05, 4.69) is 22.0 Å². The van der Waals surface area contributed by atoms with E-state index in [9.17, 15) is 0 Å². The molecule has 0 spiro atoms. The first kappa shape index (κ1) is 16.9. The maximum Gasteiger partial charge on any atom is 0.164 e. The molecule has 4 heterocycles. The lowest BCUT2D eigenvalue weighted by Gasteiger charge is -2.28. The van der Waals surface area contributed by atoms with Crippen molar-refractivity contribution in [1.29, 1.82) is 0 Å². The second kappa shape index (κ2) is 6.99. The molecule has 1 fully saturated rings. The molecule has 0 unspecified atom stereocenters. The van der Waals surface area contributed by atoms with Gasteiger partial charge in [0.05, 0.1) is 17.2 Å². The highest BCUT2D eigenvalue weighted by Crippen LogP contribution is 2.29. The molecule has 0 radical (unpaired) electrons. The number of aryl methyl sites for hydroxylation is 2. The molecule has 0 bridgehead atoms. The topological polar surface area (TPSA) is 69.0 Å². The SMILES string of the molecule is Cc1nn(C)c2nc(-c3ccncc3)nc(N(C)C[C@@H]3CCCCO3)c12. The largest absolute Gasteiger partial charge is 0.376 e. The summed E-state index contributed by atoms with van der Waals surface area (Å²) in [5.41, 5.74) is 2.73. The number of fused-ring (bicyclic) bond motifs is 1. The molecule has 0 aliphatic carbocycles. The predicted molar refractivity (Wildman–Crippen MR) is 101 cm³/mol. The van der Waals surface area contributed by atoms with Crippen molar-refractivity contribution in [3.05, 3.63) is 30.2 Å². The first-order valence-electron chi connectivity index (χ1n) is 9.08. The van der Waals surface area contributed by atoms with Crippen molar-refractivity contribution < 1.29 is 4.74 Å². The van der Waals surface area contributed by atoms with Crippen LogP contribution in [0.3, 0.4) is 0 Å². The second-order valence-corrected chi connectivity index (χ2v) is 6.88. The molecule has 0 aromatic carbocycles. The van der Waals surface area contributed by atoms with Crippen molar-refractivity contribution in [2.45, 2.75) is 32.3 Å². The number of nitrogens with zero attached hydrogens (tertiary/aromatic N) is 6. The van der Waals surface area contributed by atoms with E-state index in [-0.39, 0.29) is 6.10 Å². The van der Waals surface area contributed by atoms with E-state index in [1.807, 2.05) is 30.8 Å². The Morgan fingerprint density at radius 2 is 2.04 bits per heavy atom. The van der Waals surface area contributed by atoms with Crippen LogP contribution in [0.15, 0.2) is 24.5 Å². The lowest BCUT2D eigenvalue weighted by atomic mass is 10.1. The highest BCUT2D eigenvalue weighted by molar-refractivity contribution is 5.91. The number of rotatable bonds is 4. The van der Waals surface area contributed by atoms with Crippen molar-refractivity contribution >= 4 is 16.9 Å². The molecule has 1 saturated heterocycles. The minimum absolute atomic E-state index is 0.250. The molecule has 26 heavy (non-hydrogen) atoms. The van der Waals surface area contributed by atoms with Gasteiger partial charge in [0, 0.05) is 45.2 Å². The maximum atomic E-state index is 5.92. The normalized spacial score (nSPS) is 17.6. The summed E-state index contributed by atoms with van der Waals surface area (Å²) >= 11 is 0. The quantitative estimate of drug-likeness (QED) is 0.719. The zero-order valence-corrected chi connectivity index (χ0v) is 15.5. The zero-order chi connectivity index (χ0) is 18.1. The predicted octanol–water partition coefficient (Wildman–Crippen LogP) is 2.74. The number of hydrogen-bond acceptors (Lipinski definition) is 6. The fraction of sp³-hybridized carbons (Fsp3) is 0.474. The molecule has 7 nitrogen and oxygen atoms in total. The maximum absolute atomic E-state index is 5.92. The fourth-order valence-electron chi connectivity index (χ4n) is 3.57. The molecule has 0 saturated carbocycles. The molecule has 1 atom stereocenters. The molecule has 3 aromatic heterocycles. The third-order valence-electron chi connectivity index (χ3n) is 4.89.